The molecule has 1 aromatic rings. The van der Waals surface area contributed by atoms with Gasteiger partial charge in [0.1, 0.15) is 0 Å². The summed E-state index contributed by atoms with van der Waals surface area (Å²) in [5.74, 6) is 0.165. The van der Waals surface area contributed by atoms with Crippen LogP contribution in [0.2, 0.25) is 0 Å². The summed E-state index contributed by atoms with van der Waals surface area (Å²) in [4.78, 5) is 0.275. The SMILES string of the molecule is CC(C)C(CN)NS(=O)(=O)c1ccc(I)cc1. The molecule has 0 saturated heterocycles. The van der Waals surface area contributed by atoms with Crippen molar-refractivity contribution in [1.29, 1.82) is 0 Å². The molecule has 0 aliphatic rings. The number of benzene rings is 1. The second-order valence-electron chi connectivity index (χ2n) is 4.16. The number of halogens is 1. The summed E-state index contributed by atoms with van der Waals surface area (Å²) in [5.41, 5.74) is 5.55. The van der Waals surface area contributed by atoms with E-state index in [4.69, 9.17) is 5.73 Å². The first kappa shape index (κ1) is 14.9. The van der Waals surface area contributed by atoms with Crippen LogP contribution in [0.1, 0.15) is 13.8 Å². The highest BCUT2D eigenvalue weighted by atomic mass is 127. The smallest absolute Gasteiger partial charge is 0.240 e. The van der Waals surface area contributed by atoms with Gasteiger partial charge in [-0.2, -0.15) is 0 Å². The first-order chi connectivity index (χ1) is 7.86. The lowest BCUT2D eigenvalue weighted by atomic mass is 10.1. The highest BCUT2D eigenvalue weighted by Crippen LogP contribution is 2.13. The predicted molar refractivity (Wildman–Crippen MR) is 77.2 cm³/mol. The predicted octanol–water partition coefficient (Wildman–Crippen LogP) is 1.55. The molecule has 96 valence electrons. The second-order valence-corrected chi connectivity index (χ2v) is 7.12. The Morgan fingerprint density at radius 2 is 1.82 bits per heavy atom. The fourth-order valence-corrected chi connectivity index (χ4v) is 3.09. The van der Waals surface area contributed by atoms with Crippen LogP contribution in [0, 0.1) is 9.49 Å². The molecule has 0 bridgehead atoms. The molecule has 0 aliphatic carbocycles. The normalized spacial score (nSPS) is 13.9. The minimum atomic E-state index is -3.47. The Balaban J connectivity index is 2.92. The first-order valence-corrected chi connectivity index (χ1v) is 7.91. The molecule has 0 radical (unpaired) electrons. The van der Waals surface area contributed by atoms with Gasteiger partial charge in [-0.1, -0.05) is 13.8 Å². The van der Waals surface area contributed by atoms with Gasteiger partial charge in [-0.25, -0.2) is 13.1 Å². The molecule has 3 N–H and O–H groups in total. The number of hydrogen-bond donors (Lipinski definition) is 2. The van der Waals surface area contributed by atoms with Crippen molar-refractivity contribution in [2.75, 3.05) is 6.54 Å². The van der Waals surface area contributed by atoms with Gasteiger partial charge in [0.05, 0.1) is 4.90 Å². The lowest BCUT2D eigenvalue weighted by Gasteiger charge is -2.20. The van der Waals surface area contributed by atoms with Crippen LogP contribution in [-0.2, 0) is 10.0 Å². The zero-order chi connectivity index (χ0) is 13.1. The van der Waals surface area contributed by atoms with E-state index < -0.39 is 10.0 Å². The third-order valence-electron chi connectivity index (χ3n) is 2.49. The molecule has 0 aromatic heterocycles. The van der Waals surface area contributed by atoms with Gasteiger partial charge in [0.25, 0.3) is 0 Å². The standard InChI is InChI=1S/C11H17IN2O2S/c1-8(2)11(7-13)14-17(15,16)10-5-3-9(12)4-6-10/h3-6,8,11,14H,7,13H2,1-2H3. The van der Waals surface area contributed by atoms with E-state index in [2.05, 4.69) is 27.3 Å². The lowest BCUT2D eigenvalue weighted by Crippen LogP contribution is -2.43. The summed E-state index contributed by atoms with van der Waals surface area (Å²) >= 11 is 2.13. The van der Waals surface area contributed by atoms with Crippen molar-refractivity contribution in [1.82, 2.24) is 4.72 Å². The minimum Gasteiger partial charge on any atom is -0.329 e. The summed E-state index contributed by atoms with van der Waals surface area (Å²) in [5, 5.41) is 0. The van der Waals surface area contributed by atoms with Gasteiger partial charge in [0.2, 0.25) is 10.0 Å². The molecule has 1 rings (SSSR count). The van der Waals surface area contributed by atoms with Crippen molar-refractivity contribution in [3.8, 4) is 0 Å². The van der Waals surface area contributed by atoms with Crippen LogP contribution in [0.5, 0.6) is 0 Å². The maximum atomic E-state index is 12.0. The third kappa shape index (κ3) is 4.20. The fourth-order valence-electron chi connectivity index (χ4n) is 1.34. The molecular formula is C11H17IN2O2S. The minimum absolute atomic E-state index is 0.165. The Labute approximate surface area is 116 Å². The fraction of sp³-hybridized carbons (Fsp3) is 0.455. The molecule has 1 atom stereocenters. The topological polar surface area (TPSA) is 72.2 Å². The third-order valence-corrected chi connectivity index (χ3v) is 4.71. The van der Waals surface area contributed by atoms with Gasteiger partial charge in [0.15, 0.2) is 0 Å². The lowest BCUT2D eigenvalue weighted by molar-refractivity contribution is 0.455. The summed E-state index contributed by atoms with van der Waals surface area (Å²) < 4.78 is 27.7. The Hall–Kier alpha value is -0.180. The van der Waals surface area contributed by atoms with Crippen LogP contribution in [0.4, 0.5) is 0 Å². The van der Waals surface area contributed by atoms with Gasteiger partial charge in [0, 0.05) is 16.2 Å². The summed E-state index contributed by atoms with van der Waals surface area (Å²) in [6.45, 7) is 4.17. The van der Waals surface area contributed by atoms with Crippen LogP contribution in [-0.4, -0.2) is 21.0 Å². The largest absolute Gasteiger partial charge is 0.329 e. The van der Waals surface area contributed by atoms with E-state index in [0.717, 1.165) is 3.57 Å². The summed E-state index contributed by atoms with van der Waals surface area (Å²) in [6.07, 6.45) is 0. The maximum absolute atomic E-state index is 12.0. The van der Waals surface area contributed by atoms with Crippen molar-refractivity contribution in [3.05, 3.63) is 27.8 Å². The van der Waals surface area contributed by atoms with Crippen molar-refractivity contribution in [2.24, 2.45) is 11.7 Å². The molecule has 0 saturated carbocycles. The zero-order valence-corrected chi connectivity index (χ0v) is 12.8. The van der Waals surface area contributed by atoms with Crippen LogP contribution < -0.4 is 10.5 Å². The van der Waals surface area contributed by atoms with Gasteiger partial charge in [-0.15, -0.1) is 0 Å². The monoisotopic (exact) mass is 368 g/mol. The number of rotatable bonds is 5. The van der Waals surface area contributed by atoms with Crippen molar-refractivity contribution < 1.29 is 8.42 Å². The van der Waals surface area contributed by atoms with E-state index in [1.807, 2.05) is 13.8 Å². The molecule has 0 aliphatic heterocycles. The number of nitrogens with one attached hydrogen (secondary N) is 1. The average Bonchev–Trinajstić information content (AvgIpc) is 2.26. The molecule has 0 spiro atoms. The number of nitrogens with two attached hydrogens (primary N) is 1. The summed E-state index contributed by atoms with van der Waals surface area (Å²) in [7, 11) is -3.47. The zero-order valence-electron chi connectivity index (χ0n) is 9.85. The average molecular weight is 368 g/mol. The molecule has 0 amide bonds. The van der Waals surface area contributed by atoms with Crippen molar-refractivity contribution >= 4 is 32.6 Å². The van der Waals surface area contributed by atoms with Crippen LogP contribution in [0.3, 0.4) is 0 Å². The van der Waals surface area contributed by atoms with E-state index in [1.54, 1.807) is 24.3 Å². The van der Waals surface area contributed by atoms with Crippen LogP contribution in [0.15, 0.2) is 29.2 Å². The van der Waals surface area contributed by atoms with Gasteiger partial charge >= 0.3 is 0 Å². The van der Waals surface area contributed by atoms with Gasteiger partial charge in [-0.05, 0) is 52.8 Å². The quantitative estimate of drug-likeness (QED) is 0.775. The van der Waals surface area contributed by atoms with Crippen LogP contribution >= 0.6 is 22.6 Å². The van der Waals surface area contributed by atoms with Gasteiger partial charge < -0.3 is 5.73 Å². The van der Waals surface area contributed by atoms with E-state index in [-0.39, 0.29) is 16.9 Å². The van der Waals surface area contributed by atoms with E-state index in [9.17, 15) is 8.42 Å². The maximum Gasteiger partial charge on any atom is 0.240 e. The first-order valence-electron chi connectivity index (χ1n) is 5.35. The molecule has 1 unspecified atom stereocenters. The number of sulfonamides is 1. The van der Waals surface area contributed by atoms with E-state index in [0.29, 0.717) is 6.54 Å². The van der Waals surface area contributed by atoms with Crippen molar-refractivity contribution in [3.63, 3.8) is 0 Å². The molecular weight excluding hydrogens is 351 g/mol. The molecule has 6 heteroatoms. The molecule has 0 fully saturated rings. The molecule has 0 heterocycles. The number of hydrogen-bond acceptors (Lipinski definition) is 3. The Morgan fingerprint density at radius 1 is 1.29 bits per heavy atom. The van der Waals surface area contributed by atoms with Gasteiger partial charge in [-0.3, -0.25) is 0 Å². The molecule has 17 heavy (non-hydrogen) atoms. The molecule has 1 aromatic carbocycles. The second kappa shape index (κ2) is 6.12. The van der Waals surface area contributed by atoms with E-state index >= 15 is 0 Å². The highest BCUT2D eigenvalue weighted by Gasteiger charge is 2.21. The van der Waals surface area contributed by atoms with E-state index in [1.165, 1.54) is 0 Å². The molecule has 4 nitrogen and oxygen atoms in total. The Bertz CT molecular complexity index is 457. The van der Waals surface area contributed by atoms with Crippen LogP contribution in [0.25, 0.3) is 0 Å². The van der Waals surface area contributed by atoms with Crippen molar-refractivity contribution in [2.45, 2.75) is 24.8 Å². The Morgan fingerprint density at radius 3 is 2.24 bits per heavy atom. The highest BCUT2D eigenvalue weighted by molar-refractivity contribution is 14.1. The Kier molecular flexibility index (Phi) is 5.36. The summed E-state index contributed by atoms with van der Waals surface area (Å²) in [6, 6.07) is 6.49.